The van der Waals surface area contributed by atoms with E-state index in [9.17, 15) is 4.79 Å². The summed E-state index contributed by atoms with van der Waals surface area (Å²) >= 11 is 4.64. The standard InChI is InChI=1S/C25H32N4O3S3/c1-13(2)19-16-11-32-25(3,4)9-15(16)18-20-21(35-22(18)27-19)23(29-24(28-20)33-5)34-12-17(30)26-10-14-7-6-8-31-14/h13-14H,6-12H2,1-5H3,(H,26,30). The SMILES string of the molecule is CSc1nc(SCC(=O)NCC2CCCO2)c2sc3nc(C(C)C)c4c(c3c2n1)CC(C)(C)OC4. The third-order valence-electron chi connectivity index (χ3n) is 6.49. The van der Waals surface area contributed by atoms with Crippen LogP contribution in [0.4, 0.5) is 0 Å². The molecule has 2 aliphatic heterocycles. The average Bonchev–Trinajstić information content (AvgIpc) is 3.47. The highest BCUT2D eigenvalue weighted by atomic mass is 32.2. The third kappa shape index (κ3) is 5.18. The fraction of sp³-hybridized carbons (Fsp3) is 0.600. The molecule has 0 aliphatic carbocycles. The Kier molecular flexibility index (Phi) is 7.29. The Morgan fingerprint density at radius 2 is 2.09 bits per heavy atom. The van der Waals surface area contributed by atoms with Crippen molar-refractivity contribution >= 4 is 61.2 Å². The number of fused-ring (bicyclic) bond motifs is 5. The number of thiophene rings is 1. The Morgan fingerprint density at radius 3 is 2.80 bits per heavy atom. The topological polar surface area (TPSA) is 86.2 Å². The van der Waals surface area contributed by atoms with E-state index in [0.717, 1.165) is 57.0 Å². The lowest BCUT2D eigenvalue weighted by molar-refractivity contribution is -0.119. The Hall–Kier alpha value is -1.46. The number of rotatable bonds is 7. The second-order valence-corrected chi connectivity index (χ2v) is 12.8. The maximum absolute atomic E-state index is 12.6. The van der Waals surface area contributed by atoms with Crippen LogP contribution >= 0.6 is 34.9 Å². The lowest BCUT2D eigenvalue weighted by atomic mass is 9.87. The highest BCUT2D eigenvalue weighted by molar-refractivity contribution is 8.00. The van der Waals surface area contributed by atoms with Gasteiger partial charge in [0.05, 0.1) is 40.0 Å². The van der Waals surface area contributed by atoms with Crippen molar-refractivity contribution in [3.8, 4) is 0 Å². The largest absolute Gasteiger partial charge is 0.376 e. The summed E-state index contributed by atoms with van der Waals surface area (Å²) in [5.41, 5.74) is 4.33. The van der Waals surface area contributed by atoms with Crippen LogP contribution in [-0.4, -0.2) is 57.7 Å². The zero-order valence-corrected chi connectivity index (χ0v) is 23.3. The maximum atomic E-state index is 12.6. The molecule has 1 fully saturated rings. The van der Waals surface area contributed by atoms with Gasteiger partial charge in [0.15, 0.2) is 5.16 Å². The van der Waals surface area contributed by atoms with Crippen molar-refractivity contribution in [2.75, 3.05) is 25.2 Å². The molecule has 1 saturated heterocycles. The third-order valence-corrected chi connectivity index (χ3v) is 9.22. The molecule has 0 radical (unpaired) electrons. The Labute approximate surface area is 218 Å². The minimum atomic E-state index is -0.238. The van der Waals surface area contributed by atoms with E-state index in [0.29, 0.717) is 30.0 Å². The fourth-order valence-electron chi connectivity index (χ4n) is 4.74. The van der Waals surface area contributed by atoms with Crippen LogP contribution in [0.15, 0.2) is 10.2 Å². The molecule has 1 unspecified atom stereocenters. The predicted molar refractivity (Wildman–Crippen MR) is 144 cm³/mol. The summed E-state index contributed by atoms with van der Waals surface area (Å²) in [6.45, 7) is 10.6. The van der Waals surface area contributed by atoms with Crippen molar-refractivity contribution in [3.05, 3.63) is 16.8 Å². The molecule has 5 rings (SSSR count). The number of nitrogens with zero attached hydrogens (tertiary/aromatic N) is 3. The summed E-state index contributed by atoms with van der Waals surface area (Å²) in [6.07, 6.45) is 5.02. The normalized spacial score (nSPS) is 19.5. The first kappa shape index (κ1) is 25.2. The molecule has 0 spiro atoms. The van der Waals surface area contributed by atoms with Crippen LogP contribution in [0, 0.1) is 0 Å². The van der Waals surface area contributed by atoms with Crippen LogP contribution in [-0.2, 0) is 27.3 Å². The van der Waals surface area contributed by atoms with Gasteiger partial charge in [-0.2, -0.15) is 0 Å². The second kappa shape index (κ2) is 10.1. The first-order valence-electron chi connectivity index (χ1n) is 12.1. The lowest BCUT2D eigenvalue weighted by Crippen LogP contribution is -2.33. The number of thioether (sulfide) groups is 2. The van der Waals surface area contributed by atoms with Gasteiger partial charge in [-0.1, -0.05) is 37.4 Å². The molecule has 2 aliphatic rings. The van der Waals surface area contributed by atoms with Crippen LogP contribution in [0.3, 0.4) is 0 Å². The Balaban J connectivity index is 1.53. The van der Waals surface area contributed by atoms with Gasteiger partial charge < -0.3 is 14.8 Å². The van der Waals surface area contributed by atoms with Crippen molar-refractivity contribution in [2.45, 2.75) is 81.4 Å². The van der Waals surface area contributed by atoms with Gasteiger partial charge in [0.2, 0.25) is 5.91 Å². The number of carbonyl (C=O) groups is 1. The van der Waals surface area contributed by atoms with Gasteiger partial charge in [0, 0.05) is 30.5 Å². The van der Waals surface area contributed by atoms with Gasteiger partial charge in [-0.3, -0.25) is 4.79 Å². The molecule has 7 nitrogen and oxygen atoms in total. The molecule has 35 heavy (non-hydrogen) atoms. The summed E-state index contributed by atoms with van der Waals surface area (Å²) in [5, 5.41) is 5.70. The molecule has 1 atom stereocenters. The monoisotopic (exact) mass is 532 g/mol. The molecular formula is C25H32N4O3S3. The number of pyridine rings is 1. The van der Waals surface area contributed by atoms with E-state index in [1.807, 2.05) is 6.26 Å². The van der Waals surface area contributed by atoms with Crippen molar-refractivity contribution in [2.24, 2.45) is 0 Å². The first-order chi connectivity index (χ1) is 16.8. The highest BCUT2D eigenvalue weighted by Gasteiger charge is 2.32. The van der Waals surface area contributed by atoms with Crippen molar-refractivity contribution < 1.29 is 14.3 Å². The predicted octanol–water partition coefficient (Wildman–Crippen LogP) is 5.32. The molecule has 5 heterocycles. The minimum Gasteiger partial charge on any atom is -0.376 e. The average molecular weight is 533 g/mol. The smallest absolute Gasteiger partial charge is 0.230 e. The summed E-state index contributed by atoms with van der Waals surface area (Å²) in [6, 6.07) is 0. The molecule has 0 saturated carbocycles. The van der Waals surface area contributed by atoms with Gasteiger partial charge in [-0.25, -0.2) is 15.0 Å². The molecule has 3 aromatic rings. The molecule has 0 aromatic carbocycles. The van der Waals surface area contributed by atoms with Gasteiger partial charge in [0.25, 0.3) is 0 Å². The van der Waals surface area contributed by atoms with Gasteiger partial charge >= 0.3 is 0 Å². The van der Waals surface area contributed by atoms with Gasteiger partial charge in [-0.15, -0.1) is 11.3 Å². The zero-order chi connectivity index (χ0) is 24.7. The minimum absolute atomic E-state index is 0.000529. The van der Waals surface area contributed by atoms with Gasteiger partial charge in [0.1, 0.15) is 9.86 Å². The lowest BCUT2D eigenvalue weighted by Gasteiger charge is -2.33. The number of amides is 1. The summed E-state index contributed by atoms with van der Waals surface area (Å²) in [5.74, 6) is 0.614. The van der Waals surface area contributed by atoms with Crippen LogP contribution < -0.4 is 5.32 Å². The van der Waals surface area contributed by atoms with Crippen LogP contribution in [0.5, 0.6) is 0 Å². The highest BCUT2D eigenvalue weighted by Crippen LogP contribution is 2.44. The second-order valence-electron chi connectivity index (χ2n) is 10.0. The molecule has 1 amide bonds. The molecule has 188 valence electrons. The maximum Gasteiger partial charge on any atom is 0.230 e. The Morgan fingerprint density at radius 1 is 1.26 bits per heavy atom. The molecule has 0 bridgehead atoms. The number of carbonyl (C=O) groups excluding carboxylic acids is 1. The summed E-state index contributed by atoms with van der Waals surface area (Å²) < 4.78 is 12.8. The van der Waals surface area contributed by atoms with E-state index in [1.165, 1.54) is 34.7 Å². The van der Waals surface area contributed by atoms with Crippen LogP contribution in [0.1, 0.15) is 63.3 Å². The summed E-state index contributed by atoms with van der Waals surface area (Å²) in [4.78, 5) is 28.4. The van der Waals surface area contributed by atoms with Crippen LogP contribution in [0.2, 0.25) is 0 Å². The van der Waals surface area contributed by atoms with Crippen molar-refractivity contribution in [1.29, 1.82) is 0 Å². The number of nitrogens with one attached hydrogen (secondary N) is 1. The molecular weight excluding hydrogens is 501 g/mol. The van der Waals surface area contributed by atoms with E-state index in [2.05, 4.69) is 33.0 Å². The van der Waals surface area contributed by atoms with E-state index in [4.69, 9.17) is 24.4 Å². The molecule has 10 heteroatoms. The van der Waals surface area contributed by atoms with Crippen molar-refractivity contribution in [3.63, 3.8) is 0 Å². The fourth-order valence-corrected chi connectivity index (χ4v) is 7.25. The van der Waals surface area contributed by atoms with E-state index < -0.39 is 0 Å². The summed E-state index contributed by atoms with van der Waals surface area (Å²) in [7, 11) is 0. The van der Waals surface area contributed by atoms with Gasteiger partial charge in [-0.05, 0) is 44.4 Å². The zero-order valence-electron chi connectivity index (χ0n) is 20.9. The number of ether oxygens (including phenoxy) is 2. The number of aromatic nitrogens is 3. The van der Waals surface area contributed by atoms with Crippen LogP contribution in [0.25, 0.3) is 20.4 Å². The van der Waals surface area contributed by atoms with E-state index >= 15 is 0 Å². The molecule has 3 aromatic heterocycles. The Bertz CT molecular complexity index is 1270. The quantitative estimate of drug-likeness (QED) is 0.248. The van der Waals surface area contributed by atoms with Crippen molar-refractivity contribution in [1.82, 2.24) is 20.3 Å². The number of hydrogen-bond acceptors (Lipinski definition) is 9. The van der Waals surface area contributed by atoms with E-state index in [-0.39, 0.29) is 17.6 Å². The number of hydrogen-bond donors (Lipinski definition) is 1. The van der Waals surface area contributed by atoms with E-state index in [1.54, 1.807) is 11.3 Å². The first-order valence-corrected chi connectivity index (χ1v) is 15.1. The molecule has 1 N–H and O–H groups in total.